The van der Waals surface area contributed by atoms with E-state index in [9.17, 15) is 0 Å². The molecule has 0 bridgehead atoms. The van der Waals surface area contributed by atoms with Crippen molar-refractivity contribution in [1.82, 2.24) is 9.38 Å². The van der Waals surface area contributed by atoms with E-state index in [1.54, 1.807) is 0 Å². The minimum atomic E-state index is 0.201. The molecule has 2 aromatic rings. The number of pyridine rings is 1. The highest BCUT2D eigenvalue weighted by Crippen LogP contribution is 2.09. The molecule has 0 saturated carbocycles. The zero-order valence-corrected chi connectivity index (χ0v) is 8.38. The second-order valence-corrected chi connectivity index (χ2v) is 3.41. The number of hydrogen-bond donors (Lipinski definition) is 2. The van der Waals surface area contributed by atoms with Crippen LogP contribution in [-0.4, -0.2) is 20.4 Å². The molecule has 5 heteroatoms. The summed E-state index contributed by atoms with van der Waals surface area (Å²) in [6, 6.07) is 3.90. The molecule has 0 unspecified atom stereocenters. The average molecular weight is 204 g/mol. The second-order valence-electron chi connectivity index (χ2n) is 3.41. The number of nitrogens with two attached hydrogens (primary N) is 1. The molecule has 0 spiro atoms. The van der Waals surface area contributed by atoms with Crippen molar-refractivity contribution in [1.29, 1.82) is 0 Å². The van der Waals surface area contributed by atoms with Gasteiger partial charge in [-0.25, -0.2) is 4.98 Å². The molecule has 0 amide bonds. The van der Waals surface area contributed by atoms with Gasteiger partial charge in [-0.2, -0.15) is 0 Å². The molecule has 2 rings (SSSR count). The highest BCUT2D eigenvalue weighted by Gasteiger charge is 2.01. The predicted octanol–water partition coefficient (Wildman–Crippen LogP) is 0.932. The average Bonchev–Trinajstić information content (AvgIpc) is 2.60. The van der Waals surface area contributed by atoms with Crippen LogP contribution >= 0.6 is 0 Å². The number of oxime groups is 1. The standard InChI is InChI=1S/C10H12N4O/c1-7-12-5-9-3-2-8(6-14(7)9)4-10(11)13-15/h2-3,5-6,15H,4H2,1H3,(H2,11,13). The Balaban J connectivity index is 2.41. The van der Waals surface area contributed by atoms with E-state index in [2.05, 4.69) is 10.1 Å². The molecule has 3 N–H and O–H groups in total. The van der Waals surface area contributed by atoms with Crippen LogP contribution in [0.15, 0.2) is 29.7 Å². The van der Waals surface area contributed by atoms with Crippen molar-refractivity contribution in [2.45, 2.75) is 13.3 Å². The summed E-state index contributed by atoms with van der Waals surface area (Å²) in [4.78, 5) is 4.19. The molecule has 15 heavy (non-hydrogen) atoms. The number of aryl methyl sites for hydroxylation is 1. The molecule has 2 aromatic heterocycles. The van der Waals surface area contributed by atoms with Crippen molar-refractivity contribution < 1.29 is 5.21 Å². The van der Waals surface area contributed by atoms with Gasteiger partial charge in [-0.05, 0) is 18.6 Å². The minimum Gasteiger partial charge on any atom is -0.409 e. The lowest BCUT2D eigenvalue weighted by molar-refractivity contribution is 0.317. The van der Waals surface area contributed by atoms with Gasteiger partial charge in [0.15, 0.2) is 0 Å². The normalized spacial score (nSPS) is 12.2. The first-order chi connectivity index (χ1) is 7.20. The van der Waals surface area contributed by atoms with Crippen LogP contribution in [0, 0.1) is 6.92 Å². The SMILES string of the molecule is Cc1ncc2ccc(C/C(N)=N/O)cn12. The maximum atomic E-state index is 8.47. The number of imidazole rings is 1. The van der Waals surface area contributed by atoms with Crippen LogP contribution < -0.4 is 5.73 Å². The largest absolute Gasteiger partial charge is 0.409 e. The highest BCUT2D eigenvalue weighted by molar-refractivity contribution is 5.82. The maximum absolute atomic E-state index is 8.47. The zero-order valence-electron chi connectivity index (χ0n) is 8.38. The van der Waals surface area contributed by atoms with E-state index < -0.39 is 0 Å². The molecule has 0 aliphatic carbocycles. The van der Waals surface area contributed by atoms with Gasteiger partial charge >= 0.3 is 0 Å². The molecule has 0 aliphatic rings. The Labute approximate surface area is 86.8 Å². The first-order valence-electron chi connectivity index (χ1n) is 4.59. The van der Waals surface area contributed by atoms with Gasteiger partial charge in [0.1, 0.15) is 11.7 Å². The Hall–Kier alpha value is -2.04. The van der Waals surface area contributed by atoms with Crippen LogP contribution in [0.1, 0.15) is 11.4 Å². The summed E-state index contributed by atoms with van der Waals surface area (Å²) >= 11 is 0. The molecule has 0 aromatic carbocycles. The third-order valence-corrected chi connectivity index (χ3v) is 2.29. The van der Waals surface area contributed by atoms with Gasteiger partial charge in [-0.1, -0.05) is 11.2 Å². The molecule has 78 valence electrons. The van der Waals surface area contributed by atoms with E-state index in [-0.39, 0.29) is 5.84 Å². The summed E-state index contributed by atoms with van der Waals surface area (Å²) in [6.45, 7) is 1.93. The van der Waals surface area contributed by atoms with Crippen LogP contribution in [0.4, 0.5) is 0 Å². The quantitative estimate of drug-likeness (QED) is 0.331. The van der Waals surface area contributed by atoms with Gasteiger partial charge in [-0.15, -0.1) is 0 Å². The molecule has 0 atom stereocenters. The molecular weight excluding hydrogens is 192 g/mol. The van der Waals surface area contributed by atoms with Crippen LogP contribution in [0.2, 0.25) is 0 Å². The molecular formula is C10H12N4O. The zero-order chi connectivity index (χ0) is 10.8. The van der Waals surface area contributed by atoms with Gasteiger partial charge in [-0.3, -0.25) is 0 Å². The topological polar surface area (TPSA) is 75.9 Å². The first-order valence-corrected chi connectivity index (χ1v) is 4.59. The van der Waals surface area contributed by atoms with Gasteiger partial charge in [0.25, 0.3) is 0 Å². The summed E-state index contributed by atoms with van der Waals surface area (Å²) in [5, 5.41) is 11.4. The summed E-state index contributed by atoms with van der Waals surface area (Å²) < 4.78 is 1.97. The fraction of sp³-hybridized carbons (Fsp3) is 0.200. The van der Waals surface area contributed by atoms with Gasteiger partial charge in [0.2, 0.25) is 0 Å². The van der Waals surface area contributed by atoms with E-state index in [1.165, 1.54) is 0 Å². The van der Waals surface area contributed by atoms with E-state index >= 15 is 0 Å². The lowest BCUT2D eigenvalue weighted by Crippen LogP contribution is -2.14. The number of rotatable bonds is 2. The van der Waals surface area contributed by atoms with Crippen LogP contribution in [0.5, 0.6) is 0 Å². The van der Waals surface area contributed by atoms with Gasteiger partial charge in [0, 0.05) is 12.6 Å². The molecule has 0 radical (unpaired) electrons. The van der Waals surface area contributed by atoms with Crippen LogP contribution in [0.3, 0.4) is 0 Å². The van der Waals surface area contributed by atoms with Crippen molar-refractivity contribution in [3.05, 3.63) is 35.9 Å². The summed E-state index contributed by atoms with van der Waals surface area (Å²) in [6.07, 6.45) is 4.18. The smallest absolute Gasteiger partial charge is 0.143 e. The van der Waals surface area contributed by atoms with Crippen molar-refractivity contribution in [3.63, 3.8) is 0 Å². The maximum Gasteiger partial charge on any atom is 0.143 e. The lowest BCUT2D eigenvalue weighted by atomic mass is 10.2. The highest BCUT2D eigenvalue weighted by atomic mass is 16.4. The summed E-state index contributed by atoms with van der Waals surface area (Å²) in [7, 11) is 0. The third kappa shape index (κ3) is 1.76. The predicted molar refractivity (Wildman–Crippen MR) is 57.0 cm³/mol. The van der Waals surface area contributed by atoms with Crippen LogP contribution in [-0.2, 0) is 6.42 Å². The number of amidine groups is 1. The van der Waals surface area contributed by atoms with Crippen LogP contribution in [0.25, 0.3) is 5.52 Å². The molecule has 5 nitrogen and oxygen atoms in total. The Morgan fingerprint density at radius 2 is 2.40 bits per heavy atom. The van der Waals surface area contributed by atoms with E-state index in [1.807, 2.05) is 35.9 Å². The Bertz CT molecular complexity index is 515. The molecule has 0 fully saturated rings. The minimum absolute atomic E-state index is 0.201. The Morgan fingerprint density at radius 1 is 1.60 bits per heavy atom. The van der Waals surface area contributed by atoms with E-state index in [0.29, 0.717) is 6.42 Å². The van der Waals surface area contributed by atoms with Crippen molar-refractivity contribution >= 4 is 11.4 Å². The van der Waals surface area contributed by atoms with Gasteiger partial charge in [0.05, 0.1) is 11.7 Å². The monoisotopic (exact) mass is 204 g/mol. The van der Waals surface area contributed by atoms with Crippen molar-refractivity contribution in [2.75, 3.05) is 0 Å². The van der Waals surface area contributed by atoms with Crippen molar-refractivity contribution in [2.24, 2.45) is 10.9 Å². The fourth-order valence-corrected chi connectivity index (χ4v) is 1.51. The lowest BCUT2D eigenvalue weighted by Gasteiger charge is -2.02. The summed E-state index contributed by atoms with van der Waals surface area (Å²) in [5.74, 6) is 1.12. The molecule has 0 saturated heterocycles. The summed E-state index contributed by atoms with van der Waals surface area (Å²) in [5.41, 5.74) is 7.46. The Kier molecular flexibility index (Phi) is 2.29. The van der Waals surface area contributed by atoms with E-state index in [0.717, 1.165) is 16.9 Å². The third-order valence-electron chi connectivity index (χ3n) is 2.29. The van der Waals surface area contributed by atoms with E-state index in [4.69, 9.17) is 10.9 Å². The number of aromatic nitrogens is 2. The van der Waals surface area contributed by atoms with Crippen molar-refractivity contribution in [3.8, 4) is 0 Å². The Morgan fingerprint density at radius 3 is 3.13 bits per heavy atom. The first kappa shape index (κ1) is 9.51. The number of fused-ring (bicyclic) bond motifs is 1. The van der Waals surface area contributed by atoms with Gasteiger partial charge < -0.3 is 15.3 Å². The number of nitrogens with zero attached hydrogens (tertiary/aromatic N) is 3. The molecule has 2 heterocycles. The fourth-order valence-electron chi connectivity index (χ4n) is 1.51. The second kappa shape index (κ2) is 3.61. The number of hydrogen-bond acceptors (Lipinski definition) is 3. The molecule has 0 aliphatic heterocycles.